The van der Waals surface area contributed by atoms with Crippen molar-refractivity contribution in [2.45, 2.75) is 64.7 Å². The molecule has 6 heteroatoms. The third kappa shape index (κ3) is 4.94. The van der Waals surface area contributed by atoms with Crippen LogP contribution in [-0.4, -0.2) is 36.2 Å². The molecule has 0 radical (unpaired) electrons. The Labute approximate surface area is 224 Å². The molecule has 0 atom stereocenters. The van der Waals surface area contributed by atoms with Gasteiger partial charge in [0.2, 0.25) is 0 Å². The first-order valence-corrected chi connectivity index (χ1v) is 13.8. The quantitative estimate of drug-likeness (QED) is 0.384. The predicted octanol–water partition coefficient (Wildman–Crippen LogP) is 6.79. The summed E-state index contributed by atoms with van der Waals surface area (Å²) in [6.07, 6.45) is 5.18. The lowest BCUT2D eigenvalue weighted by Crippen LogP contribution is -2.40. The number of rotatable bonds is 8. The summed E-state index contributed by atoms with van der Waals surface area (Å²) in [5.41, 5.74) is 5.75. The van der Waals surface area contributed by atoms with E-state index >= 15 is 0 Å². The van der Waals surface area contributed by atoms with Crippen molar-refractivity contribution in [2.75, 3.05) is 19.8 Å². The van der Waals surface area contributed by atoms with Gasteiger partial charge < -0.3 is 14.4 Å². The second-order valence-electron chi connectivity index (χ2n) is 9.79. The first kappa shape index (κ1) is 25.6. The summed E-state index contributed by atoms with van der Waals surface area (Å²) in [7, 11) is 0. The average molecular weight is 520 g/mol. The number of halogens is 1. The van der Waals surface area contributed by atoms with Crippen LogP contribution >= 0.6 is 11.6 Å². The van der Waals surface area contributed by atoms with Gasteiger partial charge in [0.1, 0.15) is 0 Å². The number of ether oxygens (including phenoxy) is 2. The van der Waals surface area contributed by atoms with Crippen LogP contribution in [0, 0.1) is 0 Å². The molecule has 2 aliphatic carbocycles. The molecule has 3 aliphatic rings. The fourth-order valence-corrected chi connectivity index (χ4v) is 6.28. The number of hydrogen-bond acceptors (Lipinski definition) is 5. The summed E-state index contributed by atoms with van der Waals surface area (Å²) in [4.78, 5) is 29.4. The Hall–Kier alpha value is -3.05. The lowest BCUT2D eigenvalue weighted by molar-refractivity contribution is -0.117. The topological polar surface area (TPSA) is 55.8 Å². The zero-order chi connectivity index (χ0) is 25.9. The minimum atomic E-state index is -0.425. The van der Waals surface area contributed by atoms with Gasteiger partial charge in [-0.1, -0.05) is 41.9 Å². The molecule has 37 heavy (non-hydrogen) atoms. The molecule has 0 N–H and O–H groups in total. The molecule has 0 saturated heterocycles. The van der Waals surface area contributed by atoms with E-state index in [2.05, 4.69) is 29.2 Å². The maximum absolute atomic E-state index is 13.6. The summed E-state index contributed by atoms with van der Waals surface area (Å²) < 4.78 is 11.7. The Kier molecular flexibility index (Phi) is 7.71. The molecular weight excluding hydrogens is 486 g/mol. The van der Waals surface area contributed by atoms with Crippen LogP contribution in [-0.2, 0) is 16.0 Å². The van der Waals surface area contributed by atoms with Crippen molar-refractivity contribution in [3.8, 4) is 11.5 Å². The molecular formula is C31H34ClNO4. The van der Waals surface area contributed by atoms with Gasteiger partial charge in [-0.3, -0.25) is 9.59 Å². The second-order valence-corrected chi connectivity index (χ2v) is 10.2. The highest BCUT2D eigenvalue weighted by molar-refractivity contribution is 6.32. The van der Waals surface area contributed by atoms with Crippen molar-refractivity contribution >= 4 is 23.2 Å². The number of benzene rings is 2. The van der Waals surface area contributed by atoms with E-state index in [1.807, 2.05) is 32.0 Å². The molecule has 5 nitrogen and oxygen atoms in total. The number of carbonyl (C=O) groups is 2. The highest BCUT2D eigenvalue weighted by Crippen LogP contribution is 2.51. The Morgan fingerprint density at radius 3 is 2.08 bits per heavy atom. The van der Waals surface area contributed by atoms with Gasteiger partial charge in [-0.05, 0) is 69.2 Å². The average Bonchev–Trinajstić information content (AvgIpc) is 2.90. The van der Waals surface area contributed by atoms with Crippen molar-refractivity contribution in [3.63, 3.8) is 0 Å². The lowest BCUT2D eigenvalue weighted by atomic mass is 9.71. The van der Waals surface area contributed by atoms with Crippen molar-refractivity contribution < 1.29 is 19.1 Å². The zero-order valence-corrected chi connectivity index (χ0v) is 22.4. The van der Waals surface area contributed by atoms with Gasteiger partial charge in [-0.15, -0.1) is 0 Å². The van der Waals surface area contributed by atoms with E-state index in [0.29, 0.717) is 42.6 Å². The van der Waals surface area contributed by atoms with Crippen molar-refractivity contribution in [3.05, 3.63) is 81.2 Å². The maximum Gasteiger partial charge on any atom is 0.179 e. The monoisotopic (exact) mass is 519 g/mol. The number of ketones is 2. The fraction of sp³-hybridized carbons (Fsp3) is 0.419. The van der Waals surface area contributed by atoms with Gasteiger partial charge in [0.15, 0.2) is 23.1 Å². The Balaban J connectivity index is 1.65. The highest BCUT2D eigenvalue weighted by atomic mass is 35.5. The van der Waals surface area contributed by atoms with Crippen LogP contribution in [0.3, 0.4) is 0 Å². The summed E-state index contributed by atoms with van der Waals surface area (Å²) in [5, 5.41) is 0.435. The summed E-state index contributed by atoms with van der Waals surface area (Å²) in [6, 6.07) is 14.2. The number of nitrogens with zero attached hydrogens (tertiary/aromatic N) is 1. The summed E-state index contributed by atoms with van der Waals surface area (Å²) >= 11 is 6.72. The van der Waals surface area contributed by atoms with Crippen LogP contribution < -0.4 is 9.47 Å². The largest absolute Gasteiger partial charge is 0.490 e. The van der Waals surface area contributed by atoms with Crippen LogP contribution in [0.2, 0.25) is 5.02 Å². The van der Waals surface area contributed by atoms with Crippen molar-refractivity contribution in [1.29, 1.82) is 0 Å². The van der Waals surface area contributed by atoms with Gasteiger partial charge in [0.25, 0.3) is 0 Å². The fourth-order valence-electron chi connectivity index (χ4n) is 6.01. The number of hydrogen-bond donors (Lipinski definition) is 0. The minimum absolute atomic E-state index is 0.129. The Morgan fingerprint density at radius 2 is 1.49 bits per heavy atom. The molecule has 0 unspecified atom stereocenters. The predicted molar refractivity (Wildman–Crippen MR) is 145 cm³/mol. The van der Waals surface area contributed by atoms with Crippen molar-refractivity contribution in [2.24, 2.45) is 0 Å². The standard InChI is InChI=1S/C31H34ClNO4/c1-3-36-27-19-21(18-22(32)31(27)37-4-2)28-29-23(12-8-14-25(29)34)33(17-16-20-10-6-5-7-11-20)24-13-9-15-26(35)30(24)28/h5-7,10-11,18-19,28H,3-4,8-9,12-17H2,1-2H3. The van der Waals surface area contributed by atoms with Gasteiger partial charge in [-0.25, -0.2) is 0 Å². The van der Waals surface area contributed by atoms with Gasteiger partial charge in [0.05, 0.1) is 18.2 Å². The first-order valence-electron chi connectivity index (χ1n) is 13.5. The second kappa shape index (κ2) is 11.1. The molecule has 0 saturated carbocycles. The molecule has 1 heterocycles. The molecule has 0 spiro atoms. The van der Waals surface area contributed by atoms with E-state index in [0.717, 1.165) is 66.8 Å². The third-order valence-electron chi connectivity index (χ3n) is 7.51. The molecule has 0 bridgehead atoms. The maximum atomic E-state index is 13.6. The van der Waals surface area contributed by atoms with Crippen LogP contribution in [0.25, 0.3) is 0 Å². The van der Waals surface area contributed by atoms with E-state index in [4.69, 9.17) is 21.1 Å². The molecule has 2 aromatic carbocycles. The van der Waals surface area contributed by atoms with Gasteiger partial charge in [-0.2, -0.15) is 0 Å². The molecule has 1 aliphatic heterocycles. The zero-order valence-electron chi connectivity index (χ0n) is 21.6. The molecule has 5 rings (SSSR count). The van der Waals surface area contributed by atoms with Crippen molar-refractivity contribution in [1.82, 2.24) is 4.90 Å². The molecule has 0 fully saturated rings. The van der Waals surface area contributed by atoms with Crippen LogP contribution in [0.15, 0.2) is 65.0 Å². The first-order chi connectivity index (χ1) is 18.0. The van der Waals surface area contributed by atoms with Gasteiger partial charge in [0, 0.05) is 47.8 Å². The van der Waals surface area contributed by atoms with E-state index in [-0.39, 0.29) is 11.6 Å². The third-order valence-corrected chi connectivity index (χ3v) is 7.79. The van der Waals surface area contributed by atoms with E-state index in [1.165, 1.54) is 5.56 Å². The number of allylic oxidation sites excluding steroid dienone is 4. The van der Waals surface area contributed by atoms with E-state index < -0.39 is 5.92 Å². The summed E-state index contributed by atoms with van der Waals surface area (Å²) in [5.74, 6) is 0.885. The number of carbonyl (C=O) groups excluding carboxylic acids is 2. The molecule has 0 aromatic heterocycles. The van der Waals surface area contributed by atoms with Crippen LogP contribution in [0.5, 0.6) is 11.5 Å². The van der Waals surface area contributed by atoms with Gasteiger partial charge >= 0.3 is 0 Å². The normalized spacial score (nSPS) is 18.2. The van der Waals surface area contributed by atoms with Crippen LogP contribution in [0.4, 0.5) is 0 Å². The Morgan fingerprint density at radius 1 is 0.865 bits per heavy atom. The lowest BCUT2D eigenvalue weighted by Gasteiger charge is -2.44. The Bertz CT molecular complexity index is 1220. The minimum Gasteiger partial charge on any atom is -0.490 e. The molecule has 194 valence electrons. The SMILES string of the molecule is CCOc1cc(C2C3=C(CCCC3=O)N(CCc3ccccc3)C3=C2C(=O)CCC3)cc(Cl)c1OCC. The van der Waals surface area contributed by atoms with E-state index in [1.54, 1.807) is 0 Å². The smallest absolute Gasteiger partial charge is 0.179 e. The van der Waals surface area contributed by atoms with Crippen LogP contribution in [0.1, 0.15) is 69.4 Å². The molecule has 0 amide bonds. The highest BCUT2D eigenvalue weighted by Gasteiger charge is 2.43. The summed E-state index contributed by atoms with van der Waals surface area (Å²) in [6.45, 7) is 5.49. The number of Topliss-reactive ketones (excluding diaryl/α,β-unsaturated/α-hetero) is 2. The molecule has 2 aromatic rings. The van der Waals surface area contributed by atoms with E-state index in [9.17, 15) is 9.59 Å².